The third-order valence-electron chi connectivity index (χ3n) is 5.54. The zero-order chi connectivity index (χ0) is 14.2. The summed E-state index contributed by atoms with van der Waals surface area (Å²) in [5.74, 6) is 4.10. The molecule has 1 N–H and O–H groups in total. The molecule has 4 heteroatoms. The van der Waals surface area contributed by atoms with Gasteiger partial charge in [0.25, 0.3) is 0 Å². The molecule has 0 aliphatic heterocycles. The Hall–Kier alpha value is -1.03. The van der Waals surface area contributed by atoms with E-state index < -0.39 is 0 Å². The first-order valence-electron chi connectivity index (χ1n) is 8.11. The molecule has 0 aromatic carbocycles. The predicted octanol–water partition coefficient (Wildman–Crippen LogP) is 3.11. The quantitative estimate of drug-likeness (QED) is 0.869. The van der Waals surface area contributed by atoms with E-state index in [0.29, 0.717) is 11.8 Å². The molecule has 4 saturated carbocycles. The van der Waals surface area contributed by atoms with Crippen LogP contribution in [-0.2, 0) is 4.79 Å². The van der Waals surface area contributed by atoms with Gasteiger partial charge in [-0.15, -0.1) is 0 Å². The van der Waals surface area contributed by atoms with Crippen LogP contribution in [0.4, 0.5) is 0 Å². The van der Waals surface area contributed by atoms with Crippen molar-refractivity contribution >= 4 is 17.7 Å². The lowest BCUT2D eigenvalue weighted by Crippen LogP contribution is -2.56. The van der Waals surface area contributed by atoms with Crippen LogP contribution in [0.3, 0.4) is 0 Å². The summed E-state index contributed by atoms with van der Waals surface area (Å²) in [6.07, 6.45) is 8.65. The fourth-order valence-corrected chi connectivity index (χ4v) is 5.63. The molecule has 0 unspecified atom stereocenters. The van der Waals surface area contributed by atoms with E-state index in [1.54, 1.807) is 6.20 Å². The van der Waals surface area contributed by atoms with Crippen molar-refractivity contribution < 1.29 is 4.79 Å². The minimum absolute atomic E-state index is 0.183. The monoisotopic (exact) mass is 302 g/mol. The van der Waals surface area contributed by atoms with Gasteiger partial charge in [-0.2, -0.15) is 0 Å². The van der Waals surface area contributed by atoms with Gasteiger partial charge in [-0.25, -0.2) is 4.98 Å². The molecule has 21 heavy (non-hydrogen) atoms. The molecule has 1 aromatic rings. The van der Waals surface area contributed by atoms with Crippen molar-refractivity contribution in [3.8, 4) is 0 Å². The fourth-order valence-electron chi connectivity index (χ4n) is 4.96. The van der Waals surface area contributed by atoms with E-state index in [9.17, 15) is 4.79 Å². The van der Waals surface area contributed by atoms with E-state index >= 15 is 0 Å². The average molecular weight is 302 g/mol. The van der Waals surface area contributed by atoms with Crippen molar-refractivity contribution in [3.05, 3.63) is 24.4 Å². The number of carbonyl (C=O) groups excluding carboxylic acids is 1. The Kier molecular flexibility index (Phi) is 3.66. The highest BCUT2D eigenvalue weighted by Gasteiger charge is 2.48. The van der Waals surface area contributed by atoms with Crippen LogP contribution in [-0.4, -0.2) is 22.7 Å². The highest BCUT2D eigenvalue weighted by Crippen LogP contribution is 2.53. The zero-order valence-corrected chi connectivity index (χ0v) is 13.0. The van der Waals surface area contributed by atoms with Gasteiger partial charge in [-0.1, -0.05) is 17.8 Å². The van der Waals surface area contributed by atoms with Gasteiger partial charge in [-0.05, 0) is 67.9 Å². The van der Waals surface area contributed by atoms with Crippen molar-refractivity contribution in [2.24, 2.45) is 23.7 Å². The second kappa shape index (κ2) is 5.64. The Morgan fingerprint density at radius 1 is 1.14 bits per heavy atom. The highest BCUT2D eigenvalue weighted by atomic mass is 32.2. The van der Waals surface area contributed by atoms with Gasteiger partial charge in [0, 0.05) is 12.2 Å². The third-order valence-corrected chi connectivity index (χ3v) is 6.49. The van der Waals surface area contributed by atoms with Crippen molar-refractivity contribution in [1.29, 1.82) is 0 Å². The Morgan fingerprint density at radius 3 is 2.48 bits per heavy atom. The summed E-state index contributed by atoms with van der Waals surface area (Å²) in [5, 5.41) is 4.27. The van der Waals surface area contributed by atoms with Crippen LogP contribution >= 0.6 is 11.8 Å². The number of rotatable bonds is 4. The zero-order valence-electron chi connectivity index (χ0n) is 12.2. The van der Waals surface area contributed by atoms with E-state index in [0.717, 1.165) is 28.7 Å². The summed E-state index contributed by atoms with van der Waals surface area (Å²) < 4.78 is 0. The molecule has 1 heterocycles. The molecular weight excluding hydrogens is 280 g/mol. The Morgan fingerprint density at radius 2 is 1.86 bits per heavy atom. The molecule has 0 radical (unpaired) electrons. The second-order valence-corrected chi connectivity index (χ2v) is 7.98. The average Bonchev–Trinajstić information content (AvgIpc) is 2.49. The summed E-state index contributed by atoms with van der Waals surface area (Å²) in [6.45, 7) is 0. The van der Waals surface area contributed by atoms with Crippen molar-refractivity contribution in [2.45, 2.75) is 43.2 Å². The van der Waals surface area contributed by atoms with Crippen LogP contribution < -0.4 is 5.32 Å². The summed E-state index contributed by atoms with van der Waals surface area (Å²) in [6, 6.07) is 6.28. The lowest BCUT2D eigenvalue weighted by atomic mass is 9.54. The number of aromatic nitrogens is 1. The van der Waals surface area contributed by atoms with Gasteiger partial charge in [-0.3, -0.25) is 4.79 Å². The van der Waals surface area contributed by atoms with Crippen molar-refractivity contribution in [1.82, 2.24) is 10.3 Å². The number of nitrogens with one attached hydrogen (secondary N) is 1. The Bertz CT molecular complexity index is 491. The van der Waals surface area contributed by atoms with E-state index in [-0.39, 0.29) is 5.91 Å². The summed E-state index contributed by atoms with van der Waals surface area (Å²) in [4.78, 5) is 16.5. The molecule has 4 bridgehead atoms. The maximum atomic E-state index is 12.2. The maximum Gasteiger partial charge on any atom is 0.230 e. The topological polar surface area (TPSA) is 42.0 Å². The fraction of sp³-hybridized carbons (Fsp3) is 0.647. The summed E-state index contributed by atoms with van der Waals surface area (Å²) in [7, 11) is 0. The first kappa shape index (κ1) is 13.6. The molecule has 1 aromatic heterocycles. The van der Waals surface area contributed by atoms with Gasteiger partial charge < -0.3 is 5.32 Å². The molecule has 1 amide bonds. The van der Waals surface area contributed by atoms with Crippen molar-refractivity contribution in [2.75, 3.05) is 5.75 Å². The van der Waals surface area contributed by atoms with Crippen LogP contribution in [0.1, 0.15) is 32.1 Å². The van der Waals surface area contributed by atoms with E-state index in [1.807, 2.05) is 18.2 Å². The first-order chi connectivity index (χ1) is 10.3. The van der Waals surface area contributed by atoms with Gasteiger partial charge in [0.2, 0.25) is 5.91 Å². The number of hydrogen-bond acceptors (Lipinski definition) is 3. The maximum absolute atomic E-state index is 12.2. The van der Waals surface area contributed by atoms with E-state index in [2.05, 4.69) is 10.3 Å². The van der Waals surface area contributed by atoms with Gasteiger partial charge in [0.05, 0.1) is 10.8 Å². The van der Waals surface area contributed by atoms with Crippen LogP contribution in [0, 0.1) is 23.7 Å². The highest BCUT2D eigenvalue weighted by molar-refractivity contribution is 7.99. The predicted molar refractivity (Wildman–Crippen MR) is 83.9 cm³/mol. The third kappa shape index (κ3) is 2.83. The molecule has 5 rings (SSSR count). The Balaban J connectivity index is 1.33. The lowest BCUT2D eigenvalue weighted by Gasteiger charge is -2.54. The van der Waals surface area contributed by atoms with Crippen LogP contribution in [0.5, 0.6) is 0 Å². The number of nitrogens with zero attached hydrogens (tertiary/aromatic N) is 1. The Labute approximate surface area is 130 Å². The van der Waals surface area contributed by atoms with Gasteiger partial charge in [0.1, 0.15) is 0 Å². The molecule has 4 aliphatic carbocycles. The largest absolute Gasteiger partial charge is 0.352 e. The molecular formula is C17H22N2OS. The summed E-state index contributed by atoms with van der Waals surface area (Å²) in [5.41, 5.74) is 0. The van der Waals surface area contributed by atoms with Crippen molar-refractivity contribution in [3.63, 3.8) is 0 Å². The number of thioether (sulfide) groups is 1. The molecule has 4 aliphatic rings. The normalized spacial score (nSPS) is 36.7. The number of carbonyl (C=O) groups is 1. The molecule has 112 valence electrons. The SMILES string of the molecule is O=C(CSc1ccccn1)NC1C2CC3CC(C2)CC1C3. The molecule has 0 spiro atoms. The smallest absolute Gasteiger partial charge is 0.230 e. The van der Waals surface area contributed by atoms with Crippen LogP contribution in [0.15, 0.2) is 29.4 Å². The minimum atomic E-state index is 0.183. The van der Waals surface area contributed by atoms with Gasteiger partial charge >= 0.3 is 0 Å². The van der Waals surface area contributed by atoms with E-state index in [1.165, 1.54) is 43.9 Å². The number of amides is 1. The summed E-state index contributed by atoms with van der Waals surface area (Å²) >= 11 is 1.53. The molecule has 0 atom stereocenters. The standard InChI is InChI=1S/C17H22N2OS/c20-15(10-21-16-3-1-2-4-18-16)19-17-13-6-11-5-12(8-13)9-14(17)7-11/h1-4,11-14,17H,5-10H2,(H,19,20). The first-order valence-corrected chi connectivity index (χ1v) is 9.09. The lowest BCUT2D eigenvalue weighted by molar-refractivity contribution is -0.122. The second-order valence-electron chi connectivity index (χ2n) is 6.98. The van der Waals surface area contributed by atoms with Crippen LogP contribution in [0.25, 0.3) is 0 Å². The molecule has 3 nitrogen and oxygen atoms in total. The van der Waals surface area contributed by atoms with E-state index in [4.69, 9.17) is 0 Å². The minimum Gasteiger partial charge on any atom is -0.352 e. The molecule has 4 fully saturated rings. The molecule has 0 saturated heterocycles. The van der Waals surface area contributed by atoms with Crippen LogP contribution in [0.2, 0.25) is 0 Å². The number of pyridine rings is 1. The number of hydrogen-bond donors (Lipinski definition) is 1. The van der Waals surface area contributed by atoms with Gasteiger partial charge in [0.15, 0.2) is 0 Å².